The third kappa shape index (κ3) is 8.00. The highest BCUT2D eigenvalue weighted by Gasteiger charge is 2.45. The standard InChI is InChI=1S/C21H30O2.C17H25N3O2S/c1-5-6-7-8-15-12-18(22)20-16-11-14(2)9-10-17(16)21(3,4)23-19(20)13-15;1-18-23(21,22)10-7-13-3-4-17-15(11-13)16(12-19-17)14-5-8-20(2)9-6-14/h11-13,16-17,22H,5-10H2,1-4H3;3-4,11-12,14,18-19H,5-10H2,1-2H3/t16-,17-;/m1./s1. The summed E-state index contributed by atoms with van der Waals surface area (Å²) in [5.41, 5.74) is 7.05. The zero-order valence-electron chi connectivity index (χ0n) is 28.8. The number of aryl methyl sites for hydroxylation is 2. The monoisotopic (exact) mass is 649 g/mol. The van der Waals surface area contributed by atoms with Crippen LogP contribution in [-0.2, 0) is 22.9 Å². The minimum atomic E-state index is -3.16. The number of phenols is 1. The first-order valence-electron chi connectivity index (χ1n) is 17.3. The Bertz CT molecular complexity index is 1630. The Hall–Kier alpha value is -2.81. The molecule has 2 aliphatic heterocycles. The normalized spacial score (nSPS) is 21.5. The van der Waals surface area contributed by atoms with Crippen LogP contribution in [-0.4, -0.2) is 61.9 Å². The van der Waals surface area contributed by atoms with Gasteiger partial charge in [0.15, 0.2) is 0 Å². The van der Waals surface area contributed by atoms with Gasteiger partial charge in [0.05, 0.1) is 5.75 Å². The molecule has 8 heteroatoms. The third-order valence-corrected chi connectivity index (χ3v) is 11.9. The molecule has 6 rings (SSSR count). The summed E-state index contributed by atoms with van der Waals surface area (Å²) in [6, 6.07) is 10.4. The van der Waals surface area contributed by atoms with Gasteiger partial charge in [-0.3, -0.25) is 0 Å². The van der Waals surface area contributed by atoms with E-state index < -0.39 is 10.0 Å². The van der Waals surface area contributed by atoms with Gasteiger partial charge < -0.3 is 19.7 Å². The molecular formula is C38H55N3O4S. The summed E-state index contributed by atoms with van der Waals surface area (Å²) in [4.78, 5) is 5.74. The molecule has 3 heterocycles. The number of nitrogens with zero attached hydrogens (tertiary/aromatic N) is 1. The first kappa shape index (κ1) is 34.5. The number of likely N-dealkylation sites (tertiary alicyclic amines) is 1. The number of H-pyrrole nitrogens is 1. The maximum absolute atomic E-state index is 11.6. The highest BCUT2D eigenvalue weighted by atomic mass is 32.2. The Labute approximate surface area is 276 Å². The van der Waals surface area contributed by atoms with E-state index in [1.54, 1.807) is 0 Å². The van der Waals surface area contributed by atoms with Crippen LogP contribution in [0.3, 0.4) is 0 Å². The Kier molecular flexibility index (Phi) is 10.9. The van der Waals surface area contributed by atoms with Gasteiger partial charge in [0.2, 0.25) is 10.0 Å². The number of aromatic amines is 1. The maximum atomic E-state index is 11.6. The highest BCUT2D eigenvalue weighted by Crippen LogP contribution is 2.53. The topological polar surface area (TPSA) is 94.7 Å². The van der Waals surface area contributed by atoms with E-state index in [2.05, 4.69) is 79.8 Å². The Morgan fingerprint density at radius 1 is 1.07 bits per heavy atom. The number of allylic oxidation sites excluding steroid dienone is 2. The van der Waals surface area contributed by atoms with E-state index in [9.17, 15) is 13.5 Å². The van der Waals surface area contributed by atoms with Crippen LogP contribution >= 0.6 is 0 Å². The van der Waals surface area contributed by atoms with Crippen molar-refractivity contribution in [2.75, 3.05) is 32.9 Å². The number of fused-ring (bicyclic) bond motifs is 4. The van der Waals surface area contributed by atoms with Gasteiger partial charge in [-0.05, 0) is 140 Å². The lowest BCUT2D eigenvalue weighted by atomic mass is 9.68. The molecule has 0 spiro atoms. The number of unbranched alkanes of at least 4 members (excludes halogenated alkanes) is 2. The fourth-order valence-electron chi connectivity index (χ4n) is 7.66. The van der Waals surface area contributed by atoms with Crippen molar-refractivity contribution in [3.05, 3.63) is 70.4 Å². The van der Waals surface area contributed by atoms with Gasteiger partial charge in [-0.15, -0.1) is 0 Å². The molecule has 0 unspecified atom stereocenters. The number of phenolic OH excluding ortho intramolecular Hbond substituents is 1. The van der Waals surface area contributed by atoms with Crippen molar-refractivity contribution in [2.45, 2.75) is 103 Å². The van der Waals surface area contributed by atoms with Crippen LogP contribution in [0, 0.1) is 5.92 Å². The number of rotatable bonds is 9. The molecule has 1 fully saturated rings. The van der Waals surface area contributed by atoms with Gasteiger partial charge in [-0.25, -0.2) is 13.1 Å². The first-order valence-corrected chi connectivity index (χ1v) is 19.0. The van der Waals surface area contributed by atoms with Gasteiger partial charge in [-0.1, -0.05) is 37.5 Å². The Morgan fingerprint density at radius 2 is 1.83 bits per heavy atom. The fourth-order valence-corrected chi connectivity index (χ4v) is 8.37. The van der Waals surface area contributed by atoms with E-state index in [0.29, 0.717) is 24.0 Å². The second kappa shape index (κ2) is 14.5. The molecule has 1 aliphatic carbocycles. The lowest BCUT2D eigenvalue weighted by molar-refractivity contribution is 0.0107. The molecule has 7 nitrogen and oxygen atoms in total. The van der Waals surface area contributed by atoms with E-state index in [-0.39, 0.29) is 17.3 Å². The molecule has 1 aromatic heterocycles. The molecule has 2 atom stereocenters. The van der Waals surface area contributed by atoms with Crippen LogP contribution in [0.15, 0.2) is 48.2 Å². The van der Waals surface area contributed by atoms with Crippen molar-refractivity contribution in [1.29, 1.82) is 0 Å². The van der Waals surface area contributed by atoms with E-state index >= 15 is 0 Å². The largest absolute Gasteiger partial charge is 0.507 e. The first-order chi connectivity index (χ1) is 21.9. The number of benzene rings is 2. The quantitative estimate of drug-likeness (QED) is 0.162. The van der Waals surface area contributed by atoms with Crippen molar-refractivity contribution >= 4 is 20.9 Å². The average Bonchev–Trinajstić information content (AvgIpc) is 3.43. The molecule has 252 valence electrons. The minimum absolute atomic E-state index is 0.128. The Balaban J connectivity index is 0.000000181. The molecule has 46 heavy (non-hydrogen) atoms. The number of piperidine rings is 1. The Morgan fingerprint density at radius 3 is 2.54 bits per heavy atom. The summed E-state index contributed by atoms with van der Waals surface area (Å²) in [5, 5.41) is 11.9. The number of aromatic hydroxyl groups is 1. The number of hydrogen-bond donors (Lipinski definition) is 3. The highest BCUT2D eigenvalue weighted by molar-refractivity contribution is 7.89. The SMILES string of the molecule is CCCCCc1cc(O)c2c(c1)OC(C)(C)[C@@H]1CCC(C)=C[C@@H]21.CNS(=O)(=O)CCc1ccc2[nH]cc(C3CCN(C)CC3)c2c1. The number of aromatic nitrogens is 1. The molecule has 3 N–H and O–H groups in total. The van der Waals surface area contributed by atoms with Crippen molar-refractivity contribution in [1.82, 2.24) is 14.6 Å². The minimum Gasteiger partial charge on any atom is -0.507 e. The predicted octanol–water partition coefficient (Wildman–Crippen LogP) is 7.80. The zero-order valence-corrected chi connectivity index (χ0v) is 29.6. The summed E-state index contributed by atoms with van der Waals surface area (Å²) in [6.07, 6.45) is 14.3. The molecule has 3 aliphatic rings. The summed E-state index contributed by atoms with van der Waals surface area (Å²) in [6.45, 7) is 11.1. The van der Waals surface area contributed by atoms with Gasteiger partial charge in [0.1, 0.15) is 17.1 Å². The average molecular weight is 650 g/mol. The summed E-state index contributed by atoms with van der Waals surface area (Å²) < 4.78 is 32.0. The van der Waals surface area contributed by atoms with E-state index in [1.807, 2.05) is 12.1 Å². The van der Waals surface area contributed by atoms with Crippen LogP contribution in [0.2, 0.25) is 0 Å². The smallest absolute Gasteiger partial charge is 0.211 e. The molecule has 1 saturated heterocycles. The van der Waals surface area contributed by atoms with Crippen LogP contribution in [0.4, 0.5) is 0 Å². The molecule has 0 radical (unpaired) electrons. The number of ether oxygens (including phenoxy) is 1. The molecular weight excluding hydrogens is 595 g/mol. The second-order valence-corrected chi connectivity index (χ2v) is 16.4. The summed E-state index contributed by atoms with van der Waals surface area (Å²) in [5.74, 6) is 2.77. The van der Waals surface area contributed by atoms with Crippen molar-refractivity contribution in [2.24, 2.45) is 5.92 Å². The molecule has 3 aromatic rings. The zero-order chi connectivity index (χ0) is 33.1. The van der Waals surface area contributed by atoms with Crippen LogP contribution in [0.1, 0.15) is 107 Å². The van der Waals surface area contributed by atoms with Gasteiger partial charge in [0.25, 0.3) is 0 Å². The van der Waals surface area contributed by atoms with E-state index in [0.717, 1.165) is 54.7 Å². The van der Waals surface area contributed by atoms with E-state index in [1.165, 1.54) is 61.2 Å². The van der Waals surface area contributed by atoms with Crippen LogP contribution < -0.4 is 9.46 Å². The fraction of sp³-hybridized carbons (Fsp3) is 0.579. The molecule has 0 amide bonds. The number of sulfonamides is 1. The van der Waals surface area contributed by atoms with Crippen LogP contribution in [0.5, 0.6) is 11.5 Å². The third-order valence-electron chi connectivity index (χ3n) is 10.5. The van der Waals surface area contributed by atoms with Gasteiger partial charge in [-0.2, -0.15) is 0 Å². The summed E-state index contributed by atoms with van der Waals surface area (Å²) in [7, 11) is 0.476. The summed E-state index contributed by atoms with van der Waals surface area (Å²) >= 11 is 0. The van der Waals surface area contributed by atoms with E-state index in [4.69, 9.17) is 4.74 Å². The molecule has 2 aromatic carbocycles. The maximum Gasteiger partial charge on any atom is 0.211 e. The lowest BCUT2D eigenvalue weighted by Gasteiger charge is -2.46. The van der Waals surface area contributed by atoms with Gasteiger partial charge in [0, 0.05) is 34.5 Å². The number of nitrogens with one attached hydrogen (secondary N) is 2. The van der Waals surface area contributed by atoms with Crippen molar-refractivity contribution < 1.29 is 18.3 Å². The predicted molar refractivity (Wildman–Crippen MR) is 190 cm³/mol. The number of hydrogen-bond acceptors (Lipinski definition) is 5. The van der Waals surface area contributed by atoms with Gasteiger partial charge >= 0.3 is 0 Å². The molecule has 0 bridgehead atoms. The molecule has 0 saturated carbocycles. The lowest BCUT2D eigenvalue weighted by Crippen LogP contribution is -2.45. The second-order valence-electron chi connectivity index (χ2n) is 14.3. The van der Waals surface area contributed by atoms with Crippen molar-refractivity contribution in [3.8, 4) is 11.5 Å². The van der Waals surface area contributed by atoms with Crippen LogP contribution in [0.25, 0.3) is 10.9 Å². The van der Waals surface area contributed by atoms with Crippen molar-refractivity contribution in [3.63, 3.8) is 0 Å².